The number of hydrogen-bond donors (Lipinski definition) is 0. The first-order valence-corrected chi connectivity index (χ1v) is 18.1. The molecule has 2 aromatic heterocycles. The maximum atomic E-state index is 5.37. The van der Waals surface area contributed by atoms with Crippen LogP contribution in [0.1, 0.15) is 0 Å². The Morgan fingerprint density at radius 1 is 0.314 bits per heavy atom. The fraction of sp³-hybridized carbons (Fsp3) is 0. The molecule has 0 aliphatic carbocycles. The molecule has 2 nitrogen and oxygen atoms in total. The fourth-order valence-electron chi connectivity index (χ4n) is 7.54. The molecule has 0 spiro atoms. The van der Waals surface area contributed by atoms with Crippen molar-refractivity contribution in [3.8, 4) is 56.2 Å². The Labute approximate surface area is 300 Å². The van der Waals surface area contributed by atoms with E-state index in [2.05, 4.69) is 176 Å². The third-order valence-electron chi connectivity index (χ3n) is 9.94. The summed E-state index contributed by atoms with van der Waals surface area (Å²) in [4.78, 5) is 10.6. The average molecular weight is 667 g/mol. The van der Waals surface area contributed by atoms with Crippen molar-refractivity contribution < 1.29 is 0 Å². The Bertz CT molecular complexity index is 2910. The van der Waals surface area contributed by atoms with Gasteiger partial charge in [-0.2, -0.15) is 0 Å². The van der Waals surface area contributed by atoms with E-state index in [9.17, 15) is 0 Å². The van der Waals surface area contributed by atoms with Crippen molar-refractivity contribution >= 4 is 53.1 Å². The maximum Gasteiger partial charge on any atom is 0.161 e. The Morgan fingerprint density at radius 2 is 0.824 bits per heavy atom. The number of aromatic nitrogens is 2. The third kappa shape index (κ3) is 5.01. The smallest absolute Gasteiger partial charge is 0.161 e. The largest absolute Gasteiger partial charge is 0.228 e. The second-order valence-corrected chi connectivity index (χ2v) is 13.9. The Hall–Kier alpha value is -6.42. The maximum absolute atomic E-state index is 5.37. The van der Waals surface area contributed by atoms with Crippen molar-refractivity contribution in [2.24, 2.45) is 0 Å². The molecule has 0 fully saturated rings. The average Bonchev–Trinajstić information content (AvgIpc) is 3.60. The quantitative estimate of drug-likeness (QED) is 0.183. The van der Waals surface area contributed by atoms with E-state index in [0.717, 1.165) is 33.5 Å². The number of hydrogen-bond acceptors (Lipinski definition) is 3. The van der Waals surface area contributed by atoms with Crippen molar-refractivity contribution in [1.29, 1.82) is 0 Å². The van der Waals surface area contributed by atoms with Crippen LogP contribution in [0.15, 0.2) is 182 Å². The molecule has 0 radical (unpaired) electrons. The molecule has 10 rings (SSSR count). The van der Waals surface area contributed by atoms with Gasteiger partial charge in [-0.1, -0.05) is 164 Å². The van der Waals surface area contributed by atoms with Crippen molar-refractivity contribution in [2.75, 3.05) is 0 Å². The number of nitrogens with zero attached hydrogens (tertiary/aromatic N) is 2. The minimum atomic E-state index is 0.713. The van der Waals surface area contributed by atoms with Crippen molar-refractivity contribution in [1.82, 2.24) is 9.97 Å². The summed E-state index contributed by atoms with van der Waals surface area (Å²) in [5.41, 5.74) is 9.84. The van der Waals surface area contributed by atoms with Gasteiger partial charge in [0.2, 0.25) is 0 Å². The van der Waals surface area contributed by atoms with Crippen LogP contribution in [0.4, 0.5) is 0 Å². The number of thiophene rings is 1. The van der Waals surface area contributed by atoms with Crippen LogP contribution in [-0.4, -0.2) is 9.97 Å². The lowest BCUT2D eigenvalue weighted by atomic mass is 9.92. The summed E-state index contributed by atoms with van der Waals surface area (Å²) < 4.78 is 2.62. The van der Waals surface area contributed by atoms with Crippen molar-refractivity contribution in [2.45, 2.75) is 0 Å². The first-order chi connectivity index (χ1) is 25.3. The van der Waals surface area contributed by atoms with E-state index in [1.165, 1.54) is 58.6 Å². The van der Waals surface area contributed by atoms with Crippen LogP contribution in [0, 0.1) is 0 Å². The molecule has 0 amide bonds. The van der Waals surface area contributed by atoms with Gasteiger partial charge >= 0.3 is 0 Å². The number of fused-ring (bicyclic) bond motifs is 5. The highest BCUT2D eigenvalue weighted by Crippen LogP contribution is 2.44. The van der Waals surface area contributed by atoms with Gasteiger partial charge in [-0.3, -0.25) is 0 Å². The van der Waals surface area contributed by atoms with Crippen LogP contribution in [0.5, 0.6) is 0 Å². The molecular formula is C48H30N2S. The Balaban J connectivity index is 1.19. The third-order valence-corrected chi connectivity index (χ3v) is 11.2. The van der Waals surface area contributed by atoms with Gasteiger partial charge in [-0.15, -0.1) is 11.3 Å². The zero-order chi connectivity index (χ0) is 33.7. The minimum Gasteiger partial charge on any atom is -0.228 e. The van der Waals surface area contributed by atoms with Gasteiger partial charge in [0.1, 0.15) is 0 Å². The van der Waals surface area contributed by atoms with Gasteiger partial charge in [0.05, 0.1) is 11.4 Å². The summed E-state index contributed by atoms with van der Waals surface area (Å²) >= 11 is 1.87. The van der Waals surface area contributed by atoms with Crippen LogP contribution >= 0.6 is 11.3 Å². The lowest BCUT2D eigenvalue weighted by Crippen LogP contribution is -1.98. The predicted octanol–water partition coefficient (Wildman–Crippen LogP) is 13.5. The van der Waals surface area contributed by atoms with Crippen molar-refractivity contribution in [3.63, 3.8) is 0 Å². The molecule has 0 saturated carbocycles. The summed E-state index contributed by atoms with van der Waals surface area (Å²) in [6, 6.07) is 64.9. The Kier molecular flexibility index (Phi) is 7.04. The van der Waals surface area contributed by atoms with Crippen LogP contribution in [0.2, 0.25) is 0 Å². The molecular weight excluding hydrogens is 637 g/mol. The van der Waals surface area contributed by atoms with Gasteiger partial charge in [-0.25, -0.2) is 9.97 Å². The molecule has 51 heavy (non-hydrogen) atoms. The predicted molar refractivity (Wildman–Crippen MR) is 217 cm³/mol. The zero-order valence-electron chi connectivity index (χ0n) is 27.6. The first kappa shape index (κ1) is 29.5. The highest BCUT2D eigenvalue weighted by Gasteiger charge is 2.18. The standard InChI is InChI=1S/C48H30N2S/c1-3-14-31(15-4-1)33-26-28-39(36-20-9-7-18-34(33)36)45-30-44(32-16-5-2-6-17-32)49-48(50-45)43-29-27-38(35-19-8-10-21-37(35)43)41-23-13-24-42-40-22-11-12-25-46(40)51-47(41)42/h1-30H. The topological polar surface area (TPSA) is 25.8 Å². The molecule has 2 heterocycles. The zero-order valence-corrected chi connectivity index (χ0v) is 28.4. The van der Waals surface area contributed by atoms with E-state index < -0.39 is 0 Å². The second-order valence-electron chi connectivity index (χ2n) is 12.9. The summed E-state index contributed by atoms with van der Waals surface area (Å²) in [7, 11) is 0. The molecule has 8 aromatic carbocycles. The molecule has 0 unspecified atom stereocenters. The highest BCUT2D eigenvalue weighted by atomic mass is 32.1. The molecule has 0 N–H and O–H groups in total. The van der Waals surface area contributed by atoms with E-state index >= 15 is 0 Å². The van der Waals surface area contributed by atoms with Gasteiger partial charge < -0.3 is 0 Å². The SMILES string of the molecule is c1ccc(-c2cc(-c3ccc(-c4ccccc4)c4ccccc34)nc(-c3ccc(-c4cccc5c4sc4ccccc45)c4ccccc34)n2)cc1. The summed E-state index contributed by atoms with van der Waals surface area (Å²) in [6.45, 7) is 0. The molecule has 3 heteroatoms. The van der Waals surface area contributed by atoms with Gasteiger partial charge in [0.25, 0.3) is 0 Å². The molecule has 238 valence electrons. The van der Waals surface area contributed by atoms with E-state index in [1.807, 2.05) is 17.4 Å². The van der Waals surface area contributed by atoms with Gasteiger partial charge in [-0.05, 0) is 56.4 Å². The highest BCUT2D eigenvalue weighted by molar-refractivity contribution is 7.26. The second kappa shape index (κ2) is 12.2. The lowest BCUT2D eigenvalue weighted by Gasteiger charge is -2.15. The van der Waals surface area contributed by atoms with Crippen LogP contribution in [-0.2, 0) is 0 Å². The fourth-order valence-corrected chi connectivity index (χ4v) is 8.77. The molecule has 0 aliphatic rings. The van der Waals surface area contributed by atoms with Gasteiger partial charge in [0, 0.05) is 42.4 Å². The van der Waals surface area contributed by atoms with E-state index in [-0.39, 0.29) is 0 Å². The van der Waals surface area contributed by atoms with Crippen molar-refractivity contribution in [3.05, 3.63) is 182 Å². The minimum absolute atomic E-state index is 0.713. The Morgan fingerprint density at radius 3 is 1.57 bits per heavy atom. The van der Waals surface area contributed by atoms with E-state index in [1.54, 1.807) is 0 Å². The first-order valence-electron chi connectivity index (χ1n) is 17.2. The summed E-state index contributed by atoms with van der Waals surface area (Å²) in [5.74, 6) is 0.713. The van der Waals surface area contributed by atoms with Gasteiger partial charge in [0.15, 0.2) is 5.82 Å². The molecule has 0 saturated heterocycles. The lowest BCUT2D eigenvalue weighted by molar-refractivity contribution is 1.19. The molecule has 0 aliphatic heterocycles. The van der Waals surface area contributed by atoms with Crippen LogP contribution in [0.25, 0.3) is 97.9 Å². The molecule has 10 aromatic rings. The monoisotopic (exact) mass is 666 g/mol. The van der Waals surface area contributed by atoms with Crippen LogP contribution in [0.3, 0.4) is 0 Å². The van der Waals surface area contributed by atoms with E-state index in [0.29, 0.717) is 5.82 Å². The number of benzene rings is 8. The van der Waals surface area contributed by atoms with Crippen LogP contribution < -0.4 is 0 Å². The normalized spacial score (nSPS) is 11.5. The molecule has 0 bridgehead atoms. The summed E-state index contributed by atoms with van der Waals surface area (Å²) in [5, 5.41) is 7.30. The summed E-state index contributed by atoms with van der Waals surface area (Å²) in [6.07, 6.45) is 0. The number of rotatable bonds is 5. The molecule has 0 atom stereocenters. The van der Waals surface area contributed by atoms with E-state index in [4.69, 9.17) is 9.97 Å².